The minimum atomic E-state index is -0.0389. The van der Waals surface area contributed by atoms with Crippen LogP contribution in [0, 0.1) is 0 Å². The molecule has 2 aromatic rings. The van der Waals surface area contributed by atoms with Gasteiger partial charge in [0.25, 0.3) is 0 Å². The summed E-state index contributed by atoms with van der Waals surface area (Å²) in [6.45, 7) is 2.84. The number of aromatic nitrogens is 3. The first-order chi connectivity index (χ1) is 11.2. The Labute approximate surface area is 138 Å². The number of thiazole rings is 1. The summed E-state index contributed by atoms with van der Waals surface area (Å²) in [6, 6.07) is -0.0389. The van der Waals surface area contributed by atoms with E-state index in [0.29, 0.717) is 18.2 Å². The molecule has 7 heteroatoms. The van der Waals surface area contributed by atoms with Gasteiger partial charge in [0.05, 0.1) is 23.2 Å². The van der Waals surface area contributed by atoms with Gasteiger partial charge in [0, 0.05) is 17.8 Å². The van der Waals surface area contributed by atoms with Crippen LogP contribution in [0.2, 0.25) is 0 Å². The van der Waals surface area contributed by atoms with Gasteiger partial charge < -0.3 is 9.42 Å². The standard InChI is InChI=1S/C16H20N4O2S/c1-2-13-17-11(9-23-13)8-14(21)20-7-3-4-12(20)15-18-16(22-19-15)10-5-6-10/h9-10,12H,2-8H2,1H3. The van der Waals surface area contributed by atoms with Crippen LogP contribution in [-0.4, -0.2) is 32.5 Å². The van der Waals surface area contributed by atoms with Gasteiger partial charge in [0.1, 0.15) is 0 Å². The van der Waals surface area contributed by atoms with E-state index in [2.05, 4.69) is 22.0 Å². The fraction of sp³-hybridized carbons (Fsp3) is 0.625. The zero-order chi connectivity index (χ0) is 15.8. The zero-order valence-electron chi connectivity index (χ0n) is 13.2. The number of nitrogens with zero attached hydrogens (tertiary/aromatic N) is 4. The predicted octanol–water partition coefficient (Wildman–Crippen LogP) is 2.87. The smallest absolute Gasteiger partial charge is 0.229 e. The zero-order valence-corrected chi connectivity index (χ0v) is 14.0. The normalized spacial score (nSPS) is 21.1. The number of hydrogen-bond acceptors (Lipinski definition) is 6. The highest BCUT2D eigenvalue weighted by atomic mass is 32.1. The molecular weight excluding hydrogens is 312 g/mol. The lowest BCUT2D eigenvalue weighted by atomic mass is 10.2. The molecule has 1 amide bonds. The molecule has 1 atom stereocenters. The van der Waals surface area contributed by atoms with E-state index in [-0.39, 0.29) is 11.9 Å². The van der Waals surface area contributed by atoms with Gasteiger partial charge in [-0.3, -0.25) is 4.79 Å². The lowest BCUT2D eigenvalue weighted by Gasteiger charge is -2.21. The number of carbonyl (C=O) groups is 1. The van der Waals surface area contributed by atoms with Crippen LogP contribution in [0.1, 0.15) is 67.0 Å². The second-order valence-electron chi connectivity index (χ2n) is 6.27. The van der Waals surface area contributed by atoms with Crippen LogP contribution in [0.5, 0.6) is 0 Å². The van der Waals surface area contributed by atoms with Crippen molar-refractivity contribution in [2.24, 2.45) is 0 Å². The van der Waals surface area contributed by atoms with Crippen molar-refractivity contribution >= 4 is 17.2 Å². The first-order valence-electron chi connectivity index (χ1n) is 8.31. The number of carbonyl (C=O) groups excluding carboxylic acids is 1. The van der Waals surface area contributed by atoms with Gasteiger partial charge >= 0.3 is 0 Å². The third-order valence-electron chi connectivity index (χ3n) is 4.49. The molecule has 1 aliphatic carbocycles. The van der Waals surface area contributed by atoms with Crippen molar-refractivity contribution in [1.82, 2.24) is 20.0 Å². The molecule has 6 nitrogen and oxygen atoms in total. The number of amides is 1. The van der Waals surface area contributed by atoms with E-state index in [0.717, 1.165) is 55.2 Å². The van der Waals surface area contributed by atoms with Gasteiger partial charge in [0.2, 0.25) is 11.8 Å². The highest BCUT2D eigenvalue weighted by molar-refractivity contribution is 7.09. The maximum atomic E-state index is 12.7. The molecule has 1 saturated carbocycles. The lowest BCUT2D eigenvalue weighted by Crippen LogP contribution is -2.32. The minimum Gasteiger partial charge on any atom is -0.339 e. The van der Waals surface area contributed by atoms with Crippen molar-refractivity contribution < 1.29 is 9.32 Å². The van der Waals surface area contributed by atoms with Crippen molar-refractivity contribution in [3.63, 3.8) is 0 Å². The molecule has 1 aliphatic heterocycles. The molecule has 0 aromatic carbocycles. The van der Waals surface area contributed by atoms with E-state index in [1.165, 1.54) is 0 Å². The van der Waals surface area contributed by atoms with Crippen molar-refractivity contribution in [2.45, 2.75) is 57.4 Å². The average molecular weight is 332 g/mol. The quantitative estimate of drug-likeness (QED) is 0.842. The third-order valence-corrected chi connectivity index (χ3v) is 5.53. The lowest BCUT2D eigenvalue weighted by molar-refractivity contribution is -0.131. The average Bonchev–Trinajstić information content (AvgIpc) is 2.98. The minimum absolute atomic E-state index is 0.0389. The SMILES string of the molecule is CCc1nc(CC(=O)N2CCCC2c2noc(C3CC3)n2)cs1. The fourth-order valence-corrected chi connectivity index (χ4v) is 3.81. The summed E-state index contributed by atoms with van der Waals surface area (Å²) in [4.78, 5) is 23.6. The number of rotatable bonds is 5. The fourth-order valence-electron chi connectivity index (χ4n) is 3.06. The van der Waals surface area contributed by atoms with E-state index < -0.39 is 0 Å². The van der Waals surface area contributed by atoms with Crippen LogP contribution in [-0.2, 0) is 17.6 Å². The van der Waals surface area contributed by atoms with Crippen molar-refractivity contribution in [2.75, 3.05) is 6.54 Å². The molecule has 2 fully saturated rings. The summed E-state index contributed by atoms with van der Waals surface area (Å²) in [5, 5.41) is 7.19. The van der Waals surface area contributed by atoms with E-state index in [1.807, 2.05) is 10.3 Å². The van der Waals surface area contributed by atoms with Gasteiger partial charge in [0.15, 0.2) is 5.82 Å². The second-order valence-corrected chi connectivity index (χ2v) is 7.22. The Morgan fingerprint density at radius 2 is 2.26 bits per heavy atom. The van der Waals surface area contributed by atoms with Crippen LogP contribution >= 0.6 is 11.3 Å². The van der Waals surface area contributed by atoms with Crippen molar-refractivity contribution in [1.29, 1.82) is 0 Å². The maximum Gasteiger partial charge on any atom is 0.229 e. The first kappa shape index (κ1) is 14.8. The van der Waals surface area contributed by atoms with Crippen molar-refractivity contribution in [3.8, 4) is 0 Å². The van der Waals surface area contributed by atoms with Crippen LogP contribution in [0.3, 0.4) is 0 Å². The Balaban J connectivity index is 1.46. The number of hydrogen-bond donors (Lipinski definition) is 0. The van der Waals surface area contributed by atoms with E-state index >= 15 is 0 Å². The molecule has 0 N–H and O–H groups in total. The largest absolute Gasteiger partial charge is 0.339 e. The molecule has 0 spiro atoms. The van der Waals surface area contributed by atoms with E-state index in [4.69, 9.17) is 4.52 Å². The van der Waals surface area contributed by atoms with Crippen LogP contribution in [0.15, 0.2) is 9.90 Å². The summed E-state index contributed by atoms with van der Waals surface area (Å²) in [5.41, 5.74) is 0.870. The summed E-state index contributed by atoms with van der Waals surface area (Å²) in [5.74, 6) is 1.97. The van der Waals surface area contributed by atoms with Gasteiger partial charge in [-0.2, -0.15) is 4.98 Å². The Hall–Kier alpha value is -1.76. The molecule has 1 unspecified atom stereocenters. The van der Waals surface area contributed by atoms with Gasteiger partial charge in [-0.15, -0.1) is 11.3 Å². The van der Waals surface area contributed by atoms with Gasteiger partial charge in [-0.1, -0.05) is 12.1 Å². The van der Waals surface area contributed by atoms with Crippen molar-refractivity contribution in [3.05, 3.63) is 27.8 Å². The summed E-state index contributed by atoms with van der Waals surface area (Å²) >= 11 is 1.62. The molecule has 1 saturated heterocycles. The highest BCUT2D eigenvalue weighted by Gasteiger charge is 2.36. The van der Waals surface area contributed by atoms with E-state index in [1.54, 1.807) is 11.3 Å². The number of aryl methyl sites for hydroxylation is 1. The van der Waals surface area contributed by atoms with Gasteiger partial charge in [-0.05, 0) is 32.1 Å². The monoisotopic (exact) mass is 332 g/mol. The highest BCUT2D eigenvalue weighted by Crippen LogP contribution is 2.40. The molecule has 0 bridgehead atoms. The van der Waals surface area contributed by atoms with Gasteiger partial charge in [-0.25, -0.2) is 4.98 Å². The Kier molecular flexibility index (Phi) is 3.88. The summed E-state index contributed by atoms with van der Waals surface area (Å²) < 4.78 is 5.36. The van der Waals surface area contributed by atoms with Crippen LogP contribution in [0.4, 0.5) is 0 Å². The Morgan fingerprint density at radius 3 is 3.00 bits per heavy atom. The summed E-state index contributed by atoms with van der Waals surface area (Å²) in [7, 11) is 0. The summed E-state index contributed by atoms with van der Waals surface area (Å²) in [6.07, 6.45) is 5.45. The maximum absolute atomic E-state index is 12.7. The van der Waals surface area contributed by atoms with E-state index in [9.17, 15) is 4.79 Å². The first-order valence-corrected chi connectivity index (χ1v) is 9.18. The molecule has 2 aromatic heterocycles. The third kappa shape index (κ3) is 3.02. The molecule has 4 rings (SSSR count). The topological polar surface area (TPSA) is 72.1 Å². The molecular formula is C16H20N4O2S. The van der Waals surface area contributed by atoms with Crippen LogP contribution in [0.25, 0.3) is 0 Å². The molecule has 0 radical (unpaired) electrons. The molecule has 23 heavy (non-hydrogen) atoms. The Morgan fingerprint density at radius 1 is 1.39 bits per heavy atom. The Bertz CT molecular complexity index is 707. The van der Waals surface area contributed by atoms with Crippen LogP contribution < -0.4 is 0 Å². The second kappa shape index (κ2) is 6.03. The number of likely N-dealkylation sites (tertiary alicyclic amines) is 1. The predicted molar refractivity (Wildman–Crippen MR) is 85.2 cm³/mol. The molecule has 3 heterocycles. The molecule has 122 valence electrons. The molecule has 2 aliphatic rings.